The van der Waals surface area contributed by atoms with Gasteiger partial charge in [0.05, 0.1) is 23.0 Å². The predicted octanol–water partition coefficient (Wildman–Crippen LogP) is 2.72. The van der Waals surface area contributed by atoms with E-state index in [-0.39, 0.29) is 29.8 Å². The molecule has 1 aromatic carbocycles. The van der Waals surface area contributed by atoms with Gasteiger partial charge in [0.15, 0.2) is 6.10 Å². The van der Waals surface area contributed by atoms with E-state index in [0.717, 1.165) is 5.76 Å². The number of nitrogens with zero attached hydrogens (tertiary/aromatic N) is 1. The summed E-state index contributed by atoms with van der Waals surface area (Å²) >= 11 is 0. The third-order valence-electron chi connectivity index (χ3n) is 6.07. The lowest BCUT2D eigenvalue weighted by Gasteiger charge is -2.32. The minimum atomic E-state index is -3.85. The van der Waals surface area contributed by atoms with Crippen LogP contribution in [0, 0.1) is 19.8 Å². The number of benzene rings is 1. The summed E-state index contributed by atoms with van der Waals surface area (Å²) in [6.07, 6.45) is 1.02. The summed E-state index contributed by atoms with van der Waals surface area (Å²) in [6.45, 7) is 6.06. The Bertz CT molecular complexity index is 1170. The van der Waals surface area contributed by atoms with Gasteiger partial charge >= 0.3 is 0 Å². The van der Waals surface area contributed by atoms with Crippen molar-refractivity contribution in [3.63, 3.8) is 0 Å². The largest absolute Gasteiger partial charge is 0.478 e. The lowest BCUT2D eigenvalue weighted by molar-refractivity contribution is -0.126. The van der Waals surface area contributed by atoms with E-state index in [4.69, 9.17) is 9.15 Å². The summed E-state index contributed by atoms with van der Waals surface area (Å²) < 4.78 is 39.6. The zero-order valence-electron chi connectivity index (χ0n) is 19.0. The second-order valence-electron chi connectivity index (χ2n) is 8.55. The summed E-state index contributed by atoms with van der Waals surface area (Å²) in [7, 11) is -3.85. The van der Waals surface area contributed by atoms with Gasteiger partial charge in [-0.15, -0.1) is 0 Å². The second-order valence-corrected chi connectivity index (χ2v) is 10.5. The van der Waals surface area contributed by atoms with Crippen LogP contribution in [0.2, 0.25) is 0 Å². The number of rotatable bonds is 6. The van der Waals surface area contributed by atoms with Crippen molar-refractivity contribution in [3.8, 4) is 5.75 Å². The molecule has 0 aliphatic carbocycles. The Kier molecular flexibility index (Phi) is 6.49. The van der Waals surface area contributed by atoms with Gasteiger partial charge in [-0.1, -0.05) is 6.92 Å². The molecule has 1 fully saturated rings. The van der Waals surface area contributed by atoms with Crippen LogP contribution in [0.3, 0.4) is 0 Å². The molecule has 1 aromatic heterocycles. The summed E-state index contributed by atoms with van der Waals surface area (Å²) in [5, 5.41) is 5.63. The monoisotopic (exact) mass is 475 g/mol. The maximum Gasteiger partial charge on any atom is 0.265 e. The van der Waals surface area contributed by atoms with Gasteiger partial charge in [-0.05, 0) is 56.9 Å². The Labute approximate surface area is 193 Å². The van der Waals surface area contributed by atoms with Crippen LogP contribution >= 0.6 is 0 Å². The molecule has 2 aliphatic rings. The average molecular weight is 476 g/mol. The molecular weight excluding hydrogens is 446 g/mol. The van der Waals surface area contributed by atoms with Crippen molar-refractivity contribution >= 4 is 27.5 Å². The zero-order chi connectivity index (χ0) is 23.8. The lowest BCUT2D eigenvalue weighted by atomic mass is 9.99. The van der Waals surface area contributed by atoms with E-state index in [9.17, 15) is 18.0 Å². The van der Waals surface area contributed by atoms with Gasteiger partial charge in [-0.3, -0.25) is 9.59 Å². The van der Waals surface area contributed by atoms with Gasteiger partial charge in [-0.25, -0.2) is 8.42 Å². The van der Waals surface area contributed by atoms with Crippen LogP contribution in [0.1, 0.15) is 43.3 Å². The number of sulfonamides is 1. The highest BCUT2D eigenvalue weighted by Crippen LogP contribution is 2.36. The SMILES string of the molecule is CC[C@H]1Oc2cc(S(=O)(=O)N3CCC[C@@H](C(=O)NCc4ccc(C)o4)C3)c(C)cc2NC1=O. The minimum absolute atomic E-state index is 0.108. The molecule has 0 radical (unpaired) electrons. The normalized spacial score (nSPS) is 21.1. The van der Waals surface area contributed by atoms with Crippen molar-refractivity contribution in [3.05, 3.63) is 41.3 Å². The fourth-order valence-corrected chi connectivity index (χ4v) is 5.99. The highest BCUT2D eigenvalue weighted by molar-refractivity contribution is 7.89. The predicted molar refractivity (Wildman–Crippen MR) is 121 cm³/mol. The Morgan fingerprint density at radius 1 is 1.27 bits per heavy atom. The van der Waals surface area contributed by atoms with E-state index in [2.05, 4.69) is 10.6 Å². The van der Waals surface area contributed by atoms with Crippen molar-refractivity contribution in [2.45, 2.75) is 57.6 Å². The molecule has 0 saturated carbocycles. The first-order chi connectivity index (χ1) is 15.7. The average Bonchev–Trinajstić information content (AvgIpc) is 3.21. The molecule has 10 heteroatoms. The standard InChI is InChI=1S/C23H29N3O6S/c1-4-19-23(28)25-18-10-14(2)21(11-20(18)32-19)33(29,30)26-9-5-6-16(13-26)22(27)24-12-17-8-7-15(3)31-17/h7-8,10-11,16,19H,4-6,9,12-13H2,1-3H3,(H,24,27)(H,25,28)/t16-,19-/m1/s1. The molecule has 2 amide bonds. The molecule has 4 rings (SSSR count). The van der Waals surface area contributed by atoms with Crippen LogP contribution in [0.15, 0.2) is 33.6 Å². The maximum absolute atomic E-state index is 13.5. The third-order valence-corrected chi connectivity index (χ3v) is 8.08. The Morgan fingerprint density at radius 2 is 2.06 bits per heavy atom. The number of hydrogen-bond acceptors (Lipinski definition) is 6. The van der Waals surface area contributed by atoms with Crippen LogP contribution in [-0.2, 0) is 26.2 Å². The van der Waals surface area contributed by atoms with Gasteiger partial charge in [0.2, 0.25) is 15.9 Å². The van der Waals surface area contributed by atoms with E-state index in [1.54, 1.807) is 19.1 Å². The fraction of sp³-hybridized carbons (Fsp3) is 0.478. The Balaban J connectivity index is 1.50. The lowest BCUT2D eigenvalue weighted by Crippen LogP contribution is -2.45. The van der Waals surface area contributed by atoms with E-state index >= 15 is 0 Å². The van der Waals surface area contributed by atoms with Gasteiger partial charge < -0.3 is 19.8 Å². The van der Waals surface area contributed by atoms with Crippen LogP contribution < -0.4 is 15.4 Å². The highest BCUT2D eigenvalue weighted by Gasteiger charge is 2.35. The van der Waals surface area contributed by atoms with Crippen LogP contribution in [0.25, 0.3) is 0 Å². The van der Waals surface area contributed by atoms with E-state index in [0.29, 0.717) is 48.6 Å². The molecule has 3 heterocycles. The molecule has 0 spiro atoms. The maximum atomic E-state index is 13.5. The van der Waals surface area contributed by atoms with Crippen LogP contribution in [-0.4, -0.2) is 43.7 Å². The first-order valence-corrected chi connectivity index (χ1v) is 12.6. The number of ether oxygens (including phenoxy) is 1. The van der Waals surface area contributed by atoms with Gasteiger partial charge in [0.1, 0.15) is 17.3 Å². The van der Waals surface area contributed by atoms with Gasteiger partial charge in [0.25, 0.3) is 5.91 Å². The topological polar surface area (TPSA) is 118 Å². The van der Waals surface area contributed by atoms with E-state index < -0.39 is 22.0 Å². The Hall–Kier alpha value is -2.85. The first-order valence-electron chi connectivity index (χ1n) is 11.1. The molecule has 2 aliphatic heterocycles. The van der Waals surface area contributed by atoms with Gasteiger partial charge in [-0.2, -0.15) is 4.31 Å². The Morgan fingerprint density at radius 3 is 2.76 bits per heavy atom. The first kappa shape index (κ1) is 23.3. The van der Waals surface area contributed by atoms with Crippen molar-refractivity contribution in [2.24, 2.45) is 5.92 Å². The molecule has 0 bridgehead atoms. The number of carbonyl (C=O) groups is 2. The molecule has 2 atom stereocenters. The summed E-state index contributed by atoms with van der Waals surface area (Å²) in [6, 6.07) is 6.73. The fourth-order valence-electron chi connectivity index (χ4n) is 4.24. The molecule has 33 heavy (non-hydrogen) atoms. The molecule has 1 saturated heterocycles. The third kappa shape index (κ3) is 4.77. The number of nitrogens with one attached hydrogen (secondary N) is 2. The number of piperidine rings is 1. The molecule has 178 valence electrons. The van der Waals surface area contributed by atoms with E-state index in [1.807, 2.05) is 19.9 Å². The number of amides is 2. The van der Waals surface area contributed by atoms with Crippen molar-refractivity contribution in [1.82, 2.24) is 9.62 Å². The number of furan rings is 1. The molecule has 0 unspecified atom stereocenters. The van der Waals surface area contributed by atoms with Crippen LogP contribution in [0.4, 0.5) is 5.69 Å². The zero-order valence-corrected chi connectivity index (χ0v) is 19.8. The highest BCUT2D eigenvalue weighted by atomic mass is 32.2. The quantitative estimate of drug-likeness (QED) is 0.663. The number of hydrogen-bond donors (Lipinski definition) is 2. The minimum Gasteiger partial charge on any atom is -0.478 e. The van der Waals surface area contributed by atoms with Crippen molar-refractivity contribution < 1.29 is 27.2 Å². The summed E-state index contributed by atoms with van der Waals surface area (Å²) in [4.78, 5) is 24.9. The molecular formula is C23H29N3O6S. The second kappa shape index (κ2) is 9.18. The molecule has 9 nitrogen and oxygen atoms in total. The smallest absolute Gasteiger partial charge is 0.265 e. The number of anilines is 1. The summed E-state index contributed by atoms with van der Waals surface area (Å²) in [5.74, 6) is 0.887. The number of aryl methyl sites for hydroxylation is 2. The van der Waals surface area contributed by atoms with Crippen molar-refractivity contribution in [2.75, 3.05) is 18.4 Å². The van der Waals surface area contributed by atoms with Crippen LogP contribution in [0.5, 0.6) is 5.75 Å². The van der Waals surface area contributed by atoms with Gasteiger partial charge in [0, 0.05) is 19.2 Å². The summed E-state index contributed by atoms with van der Waals surface area (Å²) in [5.41, 5.74) is 0.970. The molecule has 2 N–H and O–H groups in total. The number of fused-ring (bicyclic) bond motifs is 1. The number of carbonyl (C=O) groups excluding carboxylic acids is 2. The molecule has 2 aromatic rings. The van der Waals surface area contributed by atoms with E-state index in [1.165, 1.54) is 10.4 Å². The van der Waals surface area contributed by atoms with Crippen molar-refractivity contribution in [1.29, 1.82) is 0 Å².